The lowest BCUT2D eigenvalue weighted by Gasteiger charge is -2.20. The molecule has 0 radical (unpaired) electrons. The topological polar surface area (TPSA) is 49.3 Å². The Morgan fingerprint density at radius 1 is 1.05 bits per heavy atom. The van der Waals surface area contributed by atoms with E-state index in [1.54, 1.807) is 24.3 Å². The molecular formula is C17H19NO2. The van der Waals surface area contributed by atoms with Crippen molar-refractivity contribution < 1.29 is 9.90 Å². The van der Waals surface area contributed by atoms with Crippen molar-refractivity contribution in [2.75, 3.05) is 5.32 Å². The highest BCUT2D eigenvalue weighted by molar-refractivity contribution is 6.04. The van der Waals surface area contributed by atoms with E-state index in [9.17, 15) is 9.90 Å². The van der Waals surface area contributed by atoms with Crippen LogP contribution in [0.3, 0.4) is 0 Å². The van der Waals surface area contributed by atoms with Gasteiger partial charge in [0.15, 0.2) is 0 Å². The van der Waals surface area contributed by atoms with Crippen LogP contribution < -0.4 is 5.32 Å². The lowest BCUT2D eigenvalue weighted by atomic mass is 9.86. The number of amides is 1. The van der Waals surface area contributed by atoms with Crippen molar-refractivity contribution in [2.45, 2.75) is 26.2 Å². The fraction of sp³-hybridized carbons (Fsp3) is 0.235. The SMILES string of the molecule is CC(C)(C)c1ccc(NC(=O)c2ccccc2)cc1O. The number of hydrogen-bond acceptors (Lipinski definition) is 2. The van der Waals surface area contributed by atoms with Crippen LogP contribution in [0.15, 0.2) is 48.5 Å². The average Bonchev–Trinajstić information content (AvgIpc) is 2.38. The molecule has 3 heteroatoms. The lowest BCUT2D eigenvalue weighted by Crippen LogP contribution is -2.13. The van der Waals surface area contributed by atoms with Gasteiger partial charge in [0.05, 0.1) is 0 Å². The average molecular weight is 269 g/mol. The zero-order chi connectivity index (χ0) is 14.8. The first-order valence-corrected chi connectivity index (χ1v) is 6.58. The molecule has 3 nitrogen and oxygen atoms in total. The summed E-state index contributed by atoms with van der Waals surface area (Å²) in [5.41, 5.74) is 1.90. The van der Waals surface area contributed by atoms with Crippen LogP contribution in [0.5, 0.6) is 5.75 Å². The Balaban J connectivity index is 2.20. The molecule has 0 aliphatic carbocycles. The molecule has 0 fully saturated rings. The summed E-state index contributed by atoms with van der Waals surface area (Å²) in [4.78, 5) is 12.0. The van der Waals surface area contributed by atoms with Gasteiger partial charge >= 0.3 is 0 Å². The summed E-state index contributed by atoms with van der Waals surface area (Å²) in [7, 11) is 0. The second-order valence-electron chi connectivity index (χ2n) is 5.80. The molecule has 1 amide bonds. The number of rotatable bonds is 2. The molecule has 0 saturated carbocycles. The Hall–Kier alpha value is -2.29. The molecule has 2 aromatic rings. The van der Waals surface area contributed by atoms with Crippen molar-refractivity contribution in [1.29, 1.82) is 0 Å². The van der Waals surface area contributed by atoms with Gasteiger partial charge in [-0.05, 0) is 29.2 Å². The van der Waals surface area contributed by atoms with E-state index in [2.05, 4.69) is 5.32 Å². The number of hydrogen-bond donors (Lipinski definition) is 2. The number of aromatic hydroxyl groups is 1. The van der Waals surface area contributed by atoms with Crippen LogP contribution in [-0.4, -0.2) is 11.0 Å². The van der Waals surface area contributed by atoms with Crippen LogP contribution in [0, 0.1) is 0 Å². The molecule has 0 bridgehead atoms. The van der Waals surface area contributed by atoms with Gasteiger partial charge in [0.2, 0.25) is 0 Å². The van der Waals surface area contributed by atoms with Gasteiger partial charge in [-0.3, -0.25) is 4.79 Å². The highest BCUT2D eigenvalue weighted by atomic mass is 16.3. The van der Waals surface area contributed by atoms with Crippen LogP contribution in [0.25, 0.3) is 0 Å². The molecule has 0 spiro atoms. The summed E-state index contributed by atoms with van der Waals surface area (Å²) >= 11 is 0. The second-order valence-corrected chi connectivity index (χ2v) is 5.80. The molecule has 2 N–H and O–H groups in total. The van der Waals surface area contributed by atoms with E-state index >= 15 is 0 Å². The number of phenols is 1. The van der Waals surface area contributed by atoms with Crippen molar-refractivity contribution in [3.63, 3.8) is 0 Å². The highest BCUT2D eigenvalue weighted by Gasteiger charge is 2.18. The predicted octanol–water partition coefficient (Wildman–Crippen LogP) is 3.94. The third kappa shape index (κ3) is 3.18. The maximum Gasteiger partial charge on any atom is 0.255 e. The predicted molar refractivity (Wildman–Crippen MR) is 81.2 cm³/mol. The maximum atomic E-state index is 12.0. The monoisotopic (exact) mass is 269 g/mol. The van der Waals surface area contributed by atoms with Crippen molar-refractivity contribution in [3.8, 4) is 5.75 Å². The Morgan fingerprint density at radius 3 is 2.25 bits per heavy atom. The molecule has 0 aliphatic heterocycles. The van der Waals surface area contributed by atoms with Gasteiger partial charge < -0.3 is 10.4 Å². The molecular weight excluding hydrogens is 250 g/mol. The Morgan fingerprint density at radius 2 is 1.70 bits per heavy atom. The van der Waals surface area contributed by atoms with Gasteiger partial charge in [0, 0.05) is 17.3 Å². The van der Waals surface area contributed by atoms with E-state index in [0.717, 1.165) is 5.56 Å². The number of benzene rings is 2. The van der Waals surface area contributed by atoms with Gasteiger partial charge in [0.1, 0.15) is 5.75 Å². The van der Waals surface area contributed by atoms with Gasteiger partial charge in [0.25, 0.3) is 5.91 Å². The Labute approximate surface area is 119 Å². The highest BCUT2D eigenvalue weighted by Crippen LogP contribution is 2.32. The summed E-state index contributed by atoms with van der Waals surface area (Å²) < 4.78 is 0. The quantitative estimate of drug-likeness (QED) is 0.867. The van der Waals surface area contributed by atoms with Crippen molar-refractivity contribution >= 4 is 11.6 Å². The van der Waals surface area contributed by atoms with Gasteiger partial charge in [-0.1, -0.05) is 45.0 Å². The zero-order valence-electron chi connectivity index (χ0n) is 12.0. The van der Waals surface area contributed by atoms with E-state index in [0.29, 0.717) is 11.3 Å². The van der Waals surface area contributed by atoms with Crippen LogP contribution in [0.1, 0.15) is 36.7 Å². The normalized spacial score (nSPS) is 11.2. The van der Waals surface area contributed by atoms with Crippen molar-refractivity contribution in [2.24, 2.45) is 0 Å². The number of carbonyl (C=O) groups excluding carboxylic acids is 1. The summed E-state index contributed by atoms with van der Waals surface area (Å²) in [5, 5.41) is 12.8. The third-order valence-corrected chi connectivity index (χ3v) is 3.10. The molecule has 0 aromatic heterocycles. The van der Waals surface area contributed by atoms with Crippen LogP contribution in [-0.2, 0) is 5.41 Å². The van der Waals surface area contributed by atoms with E-state index in [4.69, 9.17) is 0 Å². The third-order valence-electron chi connectivity index (χ3n) is 3.10. The van der Waals surface area contributed by atoms with E-state index in [1.807, 2.05) is 45.0 Å². The molecule has 0 heterocycles. The first kappa shape index (κ1) is 14.1. The molecule has 0 aliphatic rings. The zero-order valence-corrected chi connectivity index (χ0v) is 12.0. The first-order valence-electron chi connectivity index (χ1n) is 6.58. The minimum atomic E-state index is -0.187. The number of phenolic OH excluding ortho intramolecular Hbond substituents is 1. The van der Waals surface area contributed by atoms with E-state index in [1.165, 1.54) is 0 Å². The minimum absolute atomic E-state index is 0.133. The molecule has 0 unspecified atom stereocenters. The first-order chi connectivity index (χ1) is 9.38. The van der Waals surface area contributed by atoms with Crippen LogP contribution in [0.4, 0.5) is 5.69 Å². The maximum absolute atomic E-state index is 12.0. The molecule has 20 heavy (non-hydrogen) atoms. The summed E-state index contributed by atoms with van der Waals surface area (Å²) in [6, 6.07) is 14.2. The largest absolute Gasteiger partial charge is 0.508 e. The van der Waals surface area contributed by atoms with Crippen molar-refractivity contribution in [3.05, 3.63) is 59.7 Å². The minimum Gasteiger partial charge on any atom is -0.508 e. The second kappa shape index (κ2) is 5.37. The summed E-state index contributed by atoms with van der Waals surface area (Å²) in [6.07, 6.45) is 0. The molecule has 2 aromatic carbocycles. The van der Waals surface area contributed by atoms with Gasteiger partial charge in [-0.25, -0.2) is 0 Å². The lowest BCUT2D eigenvalue weighted by molar-refractivity contribution is 0.102. The number of nitrogens with one attached hydrogen (secondary N) is 1. The van der Waals surface area contributed by atoms with E-state index in [-0.39, 0.29) is 17.1 Å². The molecule has 0 saturated heterocycles. The van der Waals surface area contributed by atoms with Gasteiger partial charge in [-0.2, -0.15) is 0 Å². The Kier molecular flexibility index (Phi) is 3.79. The molecule has 0 atom stereocenters. The fourth-order valence-corrected chi connectivity index (χ4v) is 2.04. The standard InChI is InChI=1S/C17H19NO2/c1-17(2,3)14-10-9-13(11-15(14)19)18-16(20)12-7-5-4-6-8-12/h4-11,19H,1-3H3,(H,18,20). The van der Waals surface area contributed by atoms with Crippen LogP contribution >= 0.6 is 0 Å². The molecule has 2 rings (SSSR count). The smallest absolute Gasteiger partial charge is 0.255 e. The number of carbonyl (C=O) groups is 1. The Bertz CT molecular complexity index is 613. The van der Waals surface area contributed by atoms with Crippen molar-refractivity contribution in [1.82, 2.24) is 0 Å². The fourth-order valence-electron chi connectivity index (χ4n) is 2.04. The summed E-state index contributed by atoms with van der Waals surface area (Å²) in [5.74, 6) is 0.0110. The van der Waals surface area contributed by atoms with Crippen LogP contribution in [0.2, 0.25) is 0 Å². The van der Waals surface area contributed by atoms with Gasteiger partial charge in [-0.15, -0.1) is 0 Å². The van der Waals surface area contributed by atoms with E-state index < -0.39 is 0 Å². The number of anilines is 1. The molecule has 104 valence electrons. The summed E-state index contributed by atoms with van der Waals surface area (Å²) in [6.45, 7) is 6.10.